The van der Waals surface area contributed by atoms with Gasteiger partial charge in [0.2, 0.25) is 0 Å². The lowest BCUT2D eigenvalue weighted by molar-refractivity contribution is -0.136. The maximum absolute atomic E-state index is 12.4. The number of hydrogen-bond acceptors (Lipinski definition) is 9. The van der Waals surface area contributed by atoms with Gasteiger partial charge in [0.05, 0.1) is 42.1 Å². The lowest BCUT2D eigenvalue weighted by Crippen LogP contribution is -2.45. The monoisotopic (exact) mass is 682 g/mol. The first-order valence-corrected chi connectivity index (χ1v) is 14.0. The van der Waals surface area contributed by atoms with Gasteiger partial charge in [-0.25, -0.2) is 9.59 Å². The van der Waals surface area contributed by atoms with Crippen LogP contribution in [0.25, 0.3) is 0 Å². The van der Waals surface area contributed by atoms with E-state index in [1.807, 2.05) is 32.9 Å². The van der Waals surface area contributed by atoms with E-state index in [0.29, 0.717) is 40.7 Å². The molecule has 4 N–H and O–H groups in total. The van der Waals surface area contributed by atoms with E-state index in [1.165, 1.54) is 7.11 Å². The zero-order valence-electron chi connectivity index (χ0n) is 22.7. The van der Waals surface area contributed by atoms with Crippen molar-refractivity contribution in [2.24, 2.45) is 5.10 Å². The van der Waals surface area contributed by atoms with Gasteiger partial charge in [-0.3, -0.25) is 5.43 Å². The second-order valence-electron chi connectivity index (χ2n) is 8.89. The average Bonchev–Trinajstić information content (AvgIpc) is 2.89. The number of nitrogens with one attached hydrogen (secondary N) is 3. The van der Waals surface area contributed by atoms with Crippen LogP contribution in [0.15, 0.2) is 55.6 Å². The summed E-state index contributed by atoms with van der Waals surface area (Å²) in [5.74, 6) is 0.793. The number of benzene rings is 2. The van der Waals surface area contributed by atoms with Crippen molar-refractivity contribution in [2.45, 2.75) is 46.1 Å². The van der Waals surface area contributed by atoms with E-state index in [-0.39, 0.29) is 18.3 Å². The third-order valence-corrected chi connectivity index (χ3v) is 6.54. The summed E-state index contributed by atoms with van der Waals surface area (Å²) >= 11 is 6.96. The Hall–Kier alpha value is -3.29. The van der Waals surface area contributed by atoms with E-state index >= 15 is 0 Å². The number of halogens is 2. The van der Waals surface area contributed by atoms with Gasteiger partial charge in [0.15, 0.2) is 17.7 Å². The van der Waals surface area contributed by atoms with Crippen molar-refractivity contribution < 1.29 is 33.6 Å². The topological polar surface area (TPSA) is 140 Å². The van der Waals surface area contributed by atoms with Gasteiger partial charge in [-0.1, -0.05) is 22.0 Å². The van der Waals surface area contributed by atoms with Gasteiger partial charge in [0, 0.05) is 15.7 Å². The largest absolute Gasteiger partial charge is 0.490 e. The van der Waals surface area contributed by atoms with Crippen LogP contribution in [-0.4, -0.2) is 56.0 Å². The third kappa shape index (κ3) is 8.12. The summed E-state index contributed by atoms with van der Waals surface area (Å²) in [6.45, 7) is 7.49. The molecular formula is C27H32Br2N4O7. The van der Waals surface area contributed by atoms with Crippen molar-refractivity contribution in [2.75, 3.05) is 20.3 Å². The Kier molecular flexibility index (Phi) is 11.2. The minimum absolute atomic E-state index is 0.0411. The number of allylic oxidation sites excluding steroid dienone is 1. The van der Waals surface area contributed by atoms with Crippen LogP contribution in [0.2, 0.25) is 0 Å². The lowest BCUT2D eigenvalue weighted by Gasteiger charge is -2.28. The molecule has 2 aromatic rings. The summed E-state index contributed by atoms with van der Waals surface area (Å²) in [4.78, 5) is 24.5. The highest BCUT2D eigenvalue weighted by Crippen LogP contribution is 2.35. The zero-order chi connectivity index (χ0) is 29.4. The Labute approximate surface area is 249 Å². The summed E-state index contributed by atoms with van der Waals surface area (Å²) in [7, 11) is 1.28. The van der Waals surface area contributed by atoms with Crippen LogP contribution in [0.5, 0.6) is 17.2 Å². The minimum atomic E-state index is -1.14. The highest BCUT2D eigenvalue weighted by molar-refractivity contribution is 9.11. The molecule has 40 heavy (non-hydrogen) atoms. The van der Waals surface area contributed by atoms with E-state index in [9.17, 15) is 14.7 Å². The number of urea groups is 1. The predicted octanol–water partition coefficient (Wildman–Crippen LogP) is 4.52. The summed E-state index contributed by atoms with van der Waals surface area (Å²) in [5, 5.41) is 19.9. The summed E-state index contributed by atoms with van der Waals surface area (Å²) in [6.07, 6.45) is 0.356. The van der Waals surface area contributed by atoms with Crippen molar-refractivity contribution in [1.82, 2.24) is 16.1 Å². The van der Waals surface area contributed by atoms with Gasteiger partial charge in [-0.05, 0) is 73.5 Å². The molecule has 0 fully saturated rings. The number of methoxy groups -OCH3 is 1. The molecule has 1 heterocycles. The van der Waals surface area contributed by atoms with Crippen LogP contribution in [-0.2, 0) is 9.53 Å². The van der Waals surface area contributed by atoms with Gasteiger partial charge < -0.3 is 34.7 Å². The molecule has 13 heteroatoms. The second kappa shape index (κ2) is 14.4. The van der Waals surface area contributed by atoms with Crippen LogP contribution in [0.4, 0.5) is 4.79 Å². The molecule has 1 aliphatic rings. The number of aliphatic hydroxyl groups excluding tert-OH is 1. The van der Waals surface area contributed by atoms with E-state index in [4.69, 9.17) is 18.9 Å². The van der Waals surface area contributed by atoms with E-state index in [0.717, 1.165) is 8.95 Å². The normalized spacial score (nSPS) is 15.9. The molecule has 1 aliphatic heterocycles. The second-order valence-corrected chi connectivity index (χ2v) is 10.7. The molecule has 3 rings (SSSR count). The molecular weight excluding hydrogens is 652 g/mol. The summed E-state index contributed by atoms with van der Waals surface area (Å²) in [5.41, 5.74) is 4.59. The van der Waals surface area contributed by atoms with Gasteiger partial charge >= 0.3 is 12.0 Å². The van der Waals surface area contributed by atoms with Gasteiger partial charge in [-0.15, -0.1) is 0 Å². The first-order chi connectivity index (χ1) is 19.0. The fraction of sp³-hybridized carbons (Fsp3) is 0.370. The molecule has 2 aromatic carbocycles. The number of hydrazone groups is 1. The number of carbonyl (C=O) groups is 2. The van der Waals surface area contributed by atoms with Crippen LogP contribution < -0.4 is 30.3 Å². The van der Waals surface area contributed by atoms with Crippen molar-refractivity contribution >= 4 is 50.1 Å². The van der Waals surface area contributed by atoms with Crippen LogP contribution in [0.3, 0.4) is 0 Å². The van der Waals surface area contributed by atoms with Crippen LogP contribution in [0.1, 0.15) is 44.9 Å². The number of nitrogens with zero attached hydrogens (tertiary/aromatic N) is 1. The summed E-state index contributed by atoms with van der Waals surface area (Å²) < 4.78 is 23.9. The first kappa shape index (κ1) is 31.2. The van der Waals surface area contributed by atoms with E-state index in [2.05, 4.69) is 53.0 Å². The van der Waals surface area contributed by atoms with Crippen molar-refractivity contribution in [3.05, 3.63) is 61.7 Å². The number of rotatable bonds is 12. The molecule has 0 bridgehead atoms. The Morgan fingerprint density at radius 3 is 2.62 bits per heavy atom. The molecule has 0 aliphatic carbocycles. The number of esters is 1. The maximum atomic E-state index is 12.4. The van der Waals surface area contributed by atoms with E-state index < -0.39 is 24.3 Å². The Balaban J connectivity index is 1.72. The molecule has 0 saturated carbocycles. The molecule has 2 atom stereocenters. The van der Waals surface area contributed by atoms with E-state index in [1.54, 1.807) is 31.3 Å². The smallest absolute Gasteiger partial charge is 0.337 e. The average molecular weight is 684 g/mol. The Morgan fingerprint density at radius 2 is 1.95 bits per heavy atom. The third-order valence-electron chi connectivity index (χ3n) is 5.49. The minimum Gasteiger partial charge on any atom is -0.490 e. The number of hydrogen-bond donors (Lipinski definition) is 4. The molecule has 0 saturated heterocycles. The number of aliphatic hydroxyl groups is 1. The van der Waals surface area contributed by atoms with Crippen LogP contribution in [0, 0.1) is 0 Å². The highest BCUT2D eigenvalue weighted by atomic mass is 79.9. The van der Waals surface area contributed by atoms with Gasteiger partial charge in [0.25, 0.3) is 0 Å². The van der Waals surface area contributed by atoms with Crippen molar-refractivity contribution in [1.29, 1.82) is 0 Å². The van der Waals surface area contributed by atoms with Crippen molar-refractivity contribution in [3.8, 4) is 17.2 Å². The molecule has 0 radical (unpaired) electrons. The van der Waals surface area contributed by atoms with Crippen molar-refractivity contribution in [3.63, 3.8) is 0 Å². The number of carbonyl (C=O) groups excluding carboxylic acids is 2. The highest BCUT2D eigenvalue weighted by Gasteiger charge is 2.32. The molecule has 0 unspecified atom stereocenters. The van der Waals surface area contributed by atoms with Crippen LogP contribution >= 0.6 is 31.9 Å². The zero-order valence-corrected chi connectivity index (χ0v) is 25.9. The SMILES string of the molecule is CCOc1cc([C@H]2NC(=O)NC(C)=C2C(=O)OC)ccc1OC[C@@H](O)N/N=C/c1cc(Br)cc(Br)c1OC(C)C. The maximum Gasteiger partial charge on any atom is 0.337 e. The fourth-order valence-corrected chi connectivity index (χ4v) is 5.20. The molecule has 11 nitrogen and oxygen atoms in total. The standard InChI is InChI=1S/C27H32Br2N4O7/c1-6-38-21-10-16(24-23(26(35)37-5)15(4)31-27(36)32-24)7-8-20(21)39-13-22(34)33-30-12-17-9-18(28)11-19(29)25(17)40-14(2)3/h7-12,14,22,24,33-34H,6,13H2,1-5H3,(H2,31,32,36)/b30-12+/t22-,24-/m1/s1. The molecule has 2 amide bonds. The number of ether oxygens (including phenoxy) is 4. The Morgan fingerprint density at radius 1 is 1.20 bits per heavy atom. The molecule has 0 spiro atoms. The lowest BCUT2D eigenvalue weighted by atomic mass is 9.95. The van der Waals surface area contributed by atoms with Gasteiger partial charge in [0.1, 0.15) is 12.4 Å². The molecule has 216 valence electrons. The molecule has 0 aromatic heterocycles. The fourth-order valence-electron chi connectivity index (χ4n) is 3.85. The summed E-state index contributed by atoms with van der Waals surface area (Å²) in [6, 6.07) is 7.54. The Bertz CT molecular complexity index is 1300. The predicted molar refractivity (Wildman–Crippen MR) is 157 cm³/mol. The first-order valence-electron chi connectivity index (χ1n) is 12.4. The van der Waals surface area contributed by atoms with Gasteiger partial charge in [-0.2, -0.15) is 5.10 Å². The number of amides is 2. The quantitative estimate of drug-likeness (QED) is 0.111.